The summed E-state index contributed by atoms with van der Waals surface area (Å²) in [6.45, 7) is 6.15. The van der Waals surface area contributed by atoms with Gasteiger partial charge in [0, 0.05) is 50.0 Å². The minimum atomic E-state index is -0.288. The number of anilines is 2. The molecular formula is C28H29ClFN3O2S. The molecule has 1 aromatic heterocycles. The molecule has 3 aromatic rings. The third kappa shape index (κ3) is 4.90. The van der Waals surface area contributed by atoms with E-state index >= 15 is 4.39 Å². The molecule has 0 radical (unpaired) electrons. The van der Waals surface area contributed by atoms with Crippen molar-refractivity contribution in [1.29, 1.82) is 0 Å². The number of nitrogens with zero attached hydrogens (tertiary/aromatic N) is 3. The Bertz CT molecular complexity index is 1200. The van der Waals surface area contributed by atoms with Gasteiger partial charge in [0.15, 0.2) is 0 Å². The summed E-state index contributed by atoms with van der Waals surface area (Å²) in [7, 11) is 0. The van der Waals surface area contributed by atoms with Crippen molar-refractivity contribution >= 4 is 40.2 Å². The molecule has 1 amide bonds. The SMILES string of the molecule is O=C(c1cccs1)N(CC1C2CN(Cc3ccc(Cl)cc3)CC21)c1ccc(N2CCOCC2)c(F)c1. The molecule has 2 unspecified atom stereocenters. The van der Waals surface area contributed by atoms with Crippen LogP contribution in [0, 0.1) is 23.6 Å². The number of carbonyl (C=O) groups is 1. The molecule has 3 aliphatic rings. The van der Waals surface area contributed by atoms with Gasteiger partial charge in [-0.3, -0.25) is 9.69 Å². The van der Waals surface area contributed by atoms with Crippen LogP contribution in [0.25, 0.3) is 0 Å². The molecule has 0 N–H and O–H groups in total. The quantitative estimate of drug-likeness (QED) is 0.414. The third-order valence-corrected chi connectivity index (χ3v) is 8.84. The fraction of sp³-hybridized carbons (Fsp3) is 0.393. The number of morpholine rings is 1. The molecule has 0 bridgehead atoms. The summed E-state index contributed by atoms with van der Waals surface area (Å²) in [4.78, 5) is 20.5. The first-order chi connectivity index (χ1) is 17.6. The largest absolute Gasteiger partial charge is 0.378 e. The monoisotopic (exact) mass is 525 g/mol. The number of amides is 1. The van der Waals surface area contributed by atoms with Crippen molar-refractivity contribution in [2.75, 3.05) is 55.7 Å². The minimum absolute atomic E-state index is 0.0495. The predicted molar refractivity (Wildman–Crippen MR) is 143 cm³/mol. The van der Waals surface area contributed by atoms with Gasteiger partial charge in [0.1, 0.15) is 5.82 Å². The second kappa shape index (κ2) is 10.1. The summed E-state index contributed by atoms with van der Waals surface area (Å²) < 4.78 is 20.6. The fourth-order valence-electron chi connectivity index (χ4n) is 5.76. The number of ether oxygens (including phenoxy) is 1. The van der Waals surface area contributed by atoms with Crippen LogP contribution in [0.3, 0.4) is 0 Å². The molecule has 3 heterocycles. The van der Waals surface area contributed by atoms with Gasteiger partial charge >= 0.3 is 0 Å². The summed E-state index contributed by atoms with van der Waals surface area (Å²) >= 11 is 7.45. The molecule has 1 aliphatic carbocycles. The summed E-state index contributed by atoms with van der Waals surface area (Å²) in [6.07, 6.45) is 0. The van der Waals surface area contributed by atoms with Crippen LogP contribution >= 0.6 is 22.9 Å². The van der Waals surface area contributed by atoms with Crippen molar-refractivity contribution in [3.63, 3.8) is 0 Å². The van der Waals surface area contributed by atoms with Gasteiger partial charge in [-0.2, -0.15) is 0 Å². The van der Waals surface area contributed by atoms with E-state index < -0.39 is 0 Å². The number of halogens is 2. The average molecular weight is 526 g/mol. The molecule has 2 aromatic carbocycles. The van der Waals surface area contributed by atoms with Gasteiger partial charge in [-0.25, -0.2) is 4.39 Å². The molecule has 3 fully saturated rings. The van der Waals surface area contributed by atoms with Gasteiger partial charge in [-0.1, -0.05) is 29.8 Å². The molecular weight excluding hydrogens is 497 g/mol. The lowest BCUT2D eigenvalue weighted by atomic mass is 10.1. The van der Waals surface area contributed by atoms with Crippen LogP contribution < -0.4 is 9.80 Å². The van der Waals surface area contributed by atoms with Crippen LogP contribution in [0.1, 0.15) is 15.2 Å². The molecule has 5 nitrogen and oxygen atoms in total. The summed E-state index contributed by atoms with van der Waals surface area (Å²) in [6, 6.07) is 17.0. The van der Waals surface area contributed by atoms with Crippen LogP contribution in [0.15, 0.2) is 60.0 Å². The van der Waals surface area contributed by atoms with E-state index in [4.69, 9.17) is 16.3 Å². The Morgan fingerprint density at radius 2 is 1.83 bits per heavy atom. The van der Waals surface area contributed by atoms with Crippen molar-refractivity contribution in [1.82, 2.24) is 4.90 Å². The van der Waals surface area contributed by atoms with E-state index in [9.17, 15) is 4.79 Å². The van der Waals surface area contributed by atoms with E-state index in [1.807, 2.05) is 46.7 Å². The molecule has 36 heavy (non-hydrogen) atoms. The zero-order chi connectivity index (χ0) is 24.6. The zero-order valence-corrected chi connectivity index (χ0v) is 21.6. The van der Waals surface area contributed by atoms with Crippen molar-refractivity contribution in [3.05, 3.63) is 81.3 Å². The van der Waals surface area contributed by atoms with E-state index in [1.54, 1.807) is 4.90 Å². The standard InChI is InChI=1S/C28H29ClFN3O2S/c29-20-5-3-19(4-6-20)15-31-16-22-23(17-31)24(22)18-33(28(34)27-2-1-13-36-27)21-7-8-26(25(30)14-21)32-9-11-35-12-10-32/h1-8,13-14,22-24H,9-12,15-18H2. The van der Waals surface area contributed by atoms with Gasteiger partial charge in [0.25, 0.3) is 5.91 Å². The third-order valence-electron chi connectivity index (χ3n) is 7.73. The maximum Gasteiger partial charge on any atom is 0.268 e. The normalized spacial score (nSPS) is 23.5. The highest BCUT2D eigenvalue weighted by atomic mass is 35.5. The number of hydrogen-bond acceptors (Lipinski definition) is 5. The Labute approximate surface area is 220 Å². The molecule has 2 aliphatic heterocycles. The molecule has 1 saturated carbocycles. The Morgan fingerprint density at radius 1 is 1.08 bits per heavy atom. The Kier molecular flexibility index (Phi) is 6.73. The average Bonchev–Trinajstić information content (AvgIpc) is 3.28. The van der Waals surface area contributed by atoms with Crippen LogP contribution in [-0.2, 0) is 11.3 Å². The van der Waals surface area contributed by atoms with E-state index in [1.165, 1.54) is 23.0 Å². The lowest BCUT2D eigenvalue weighted by molar-refractivity contribution is 0.0988. The van der Waals surface area contributed by atoms with Crippen LogP contribution in [0.4, 0.5) is 15.8 Å². The Hall–Kier alpha value is -2.45. The first-order valence-electron chi connectivity index (χ1n) is 12.5. The highest BCUT2D eigenvalue weighted by Gasteiger charge is 2.56. The number of carbonyl (C=O) groups excluding carboxylic acids is 1. The first kappa shape index (κ1) is 23.9. The molecule has 2 atom stereocenters. The second-order valence-corrected chi connectivity index (χ2v) is 11.3. The van der Waals surface area contributed by atoms with Crippen molar-refractivity contribution < 1.29 is 13.9 Å². The van der Waals surface area contributed by atoms with Gasteiger partial charge in [0.2, 0.25) is 0 Å². The van der Waals surface area contributed by atoms with Crippen molar-refractivity contribution in [3.8, 4) is 0 Å². The number of fused-ring (bicyclic) bond motifs is 1. The summed E-state index contributed by atoms with van der Waals surface area (Å²) in [5.41, 5.74) is 2.47. The lowest BCUT2D eigenvalue weighted by Gasteiger charge is -2.30. The zero-order valence-electron chi connectivity index (χ0n) is 20.0. The smallest absolute Gasteiger partial charge is 0.268 e. The number of benzene rings is 2. The summed E-state index contributed by atoms with van der Waals surface area (Å²) in [5, 5.41) is 2.67. The highest BCUT2D eigenvalue weighted by molar-refractivity contribution is 7.12. The number of likely N-dealkylation sites (tertiary alicyclic amines) is 1. The number of thiophene rings is 1. The highest BCUT2D eigenvalue weighted by Crippen LogP contribution is 2.52. The van der Waals surface area contributed by atoms with Gasteiger partial charge in [0.05, 0.1) is 23.8 Å². The topological polar surface area (TPSA) is 36.0 Å². The first-order valence-corrected chi connectivity index (χ1v) is 13.8. The summed E-state index contributed by atoms with van der Waals surface area (Å²) in [5.74, 6) is 1.26. The molecule has 8 heteroatoms. The Morgan fingerprint density at radius 3 is 2.50 bits per heavy atom. The van der Waals surface area contributed by atoms with E-state index in [2.05, 4.69) is 17.0 Å². The maximum absolute atomic E-state index is 15.2. The van der Waals surface area contributed by atoms with Crippen LogP contribution in [0.5, 0.6) is 0 Å². The fourth-order valence-corrected chi connectivity index (χ4v) is 6.56. The predicted octanol–water partition coefficient (Wildman–Crippen LogP) is 5.40. The molecule has 6 rings (SSSR count). The van der Waals surface area contributed by atoms with E-state index in [-0.39, 0.29) is 11.7 Å². The van der Waals surface area contributed by atoms with Crippen molar-refractivity contribution in [2.45, 2.75) is 6.54 Å². The van der Waals surface area contributed by atoms with Gasteiger partial charge in [-0.05, 0) is 65.1 Å². The lowest BCUT2D eigenvalue weighted by Crippen LogP contribution is -2.37. The Balaban J connectivity index is 1.16. The maximum atomic E-state index is 15.2. The van der Waals surface area contributed by atoms with E-state index in [0.717, 1.165) is 24.7 Å². The molecule has 188 valence electrons. The number of hydrogen-bond donors (Lipinski definition) is 0. The molecule has 0 spiro atoms. The number of rotatable bonds is 7. The second-order valence-electron chi connectivity index (χ2n) is 9.94. The van der Waals surface area contributed by atoms with Crippen LogP contribution in [0.2, 0.25) is 5.02 Å². The number of piperidine rings is 1. The van der Waals surface area contributed by atoms with Gasteiger partial charge in [-0.15, -0.1) is 11.3 Å². The van der Waals surface area contributed by atoms with Crippen molar-refractivity contribution in [2.24, 2.45) is 17.8 Å². The molecule has 2 saturated heterocycles. The van der Waals surface area contributed by atoms with Crippen LogP contribution in [-0.4, -0.2) is 56.7 Å². The van der Waals surface area contributed by atoms with Gasteiger partial charge < -0.3 is 14.5 Å². The van der Waals surface area contributed by atoms with E-state index in [0.29, 0.717) is 66.9 Å². The minimum Gasteiger partial charge on any atom is -0.378 e.